The van der Waals surface area contributed by atoms with Crippen molar-refractivity contribution >= 4 is 17.6 Å². The van der Waals surface area contributed by atoms with Crippen molar-refractivity contribution in [1.82, 2.24) is 0 Å². The Morgan fingerprint density at radius 1 is 1.53 bits per heavy atom. The van der Waals surface area contributed by atoms with Gasteiger partial charge in [-0.3, -0.25) is 0 Å². The molecule has 0 heterocycles. The average Bonchev–Trinajstić information content (AvgIpc) is 2.35. The third-order valence-corrected chi connectivity index (χ3v) is 3.45. The maximum atomic E-state index is 13.9. The van der Waals surface area contributed by atoms with Gasteiger partial charge < -0.3 is 10.9 Å². The van der Waals surface area contributed by atoms with E-state index in [1.165, 1.54) is 6.07 Å². The van der Waals surface area contributed by atoms with Crippen molar-refractivity contribution in [2.75, 3.05) is 5.75 Å². The number of halogens is 1. The summed E-state index contributed by atoms with van der Waals surface area (Å²) in [5.41, 5.74) is 6.14. The van der Waals surface area contributed by atoms with Crippen LogP contribution >= 0.6 is 11.8 Å². The van der Waals surface area contributed by atoms with E-state index >= 15 is 0 Å². The van der Waals surface area contributed by atoms with Gasteiger partial charge in [-0.05, 0) is 23.8 Å². The van der Waals surface area contributed by atoms with Crippen LogP contribution in [0.2, 0.25) is 0 Å². The molecule has 17 heavy (non-hydrogen) atoms. The third kappa shape index (κ3) is 3.93. The van der Waals surface area contributed by atoms with Gasteiger partial charge in [0.15, 0.2) is 5.84 Å². The Kier molecular flexibility index (Phi) is 5.83. The molecule has 94 valence electrons. The number of amidine groups is 1. The molecule has 0 aliphatic rings. The van der Waals surface area contributed by atoms with Crippen LogP contribution in [0.15, 0.2) is 23.4 Å². The van der Waals surface area contributed by atoms with Gasteiger partial charge in [0.2, 0.25) is 0 Å². The maximum Gasteiger partial charge on any atom is 0.173 e. The molecule has 0 amide bonds. The standard InChI is InChI=1S/C12H17FN2OS/c1-2-3-7-17-8-9-5-4-6-10(11(9)13)12(14)15-16/h4-6,16H,2-3,7-8H2,1H3,(H2,14,15). The van der Waals surface area contributed by atoms with Crippen molar-refractivity contribution in [2.24, 2.45) is 10.9 Å². The van der Waals surface area contributed by atoms with Gasteiger partial charge in [0.25, 0.3) is 0 Å². The highest BCUT2D eigenvalue weighted by Gasteiger charge is 2.11. The summed E-state index contributed by atoms with van der Waals surface area (Å²) in [6, 6.07) is 4.94. The maximum absolute atomic E-state index is 13.9. The summed E-state index contributed by atoms with van der Waals surface area (Å²) in [6.07, 6.45) is 2.27. The minimum atomic E-state index is -0.396. The normalized spacial score (nSPS) is 11.8. The Morgan fingerprint density at radius 2 is 2.29 bits per heavy atom. The molecular formula is C12H17FN2OS. The lowest BCUT2D eigenvalue weighted by Gasteiger charge is -2.07. The monoisotopic (exact) mass is 256 g/mol. The lowest BCUT2D eigenvalue weighted by Crippen LogP contribution is -2.15. The molecule has 1 aromatic carbocycles. The first kappa shape index (κ1) is 13.8. The Morgan fingerprint density at radius 3 is 2.94 bits per heavy atom. The quantitative estimate of drug-likeness (QED) is 0.270. The predicted molar refractivity (Wildman–Crippen MR) is 70.0 cm³/mol. The summed E-state index contributed by atoms with van der Waals surface area (Å²) < 4.78 is 13.9. The average molecular weight is 256 g/mol. The van der Waals surface area contributed by atoms with E-state index < -0.39 is 5.82 Å². The summed E-state index contributed by atoms with van der Waals surface area (Å²) in [7, 11) is 0. The summed E-state index contributed by atoms with van der Waals surface area (Å²) in [5.74, 6) is 1.04. The van der Waals surface area contributed by atoms with E-state index in [-0.39, 0.29) is 11.4 Å². The molecule has 0 fully saturated rings. The molecule has 3 nitrogen and oxygen atoms in total. The fourth-order valence-electron chi connectivity index (χ4n) is 1.37. The molecule has 0 bridgehead atoms. The first-order valence-electron chi connectivity index (χ1n) is 5.53. The Labute approximate surface area is 105 Å². The van der Waals surface area contributed by atoms with Gasteiger partial charge in [-0.2, -0.15) is 11.8 Å². The molecule has 5 heteroatoms. The van der Waals surface area contributed by atoms with Gasteiger partial charge in [-0.25, -0.2) is 4.39 Å². The van der Waals surface area contributed by atoms with Crippen molar-refractivity contribution in [3.8, 4) is 0 Å². The van der Waals surface area contributed by atoms with Crippen LogP contribution in [0.25, 0.3) is 0 Å². The van der Waals surface area contributed by atoms with Crippen LogP contribution in [0.4, 0.5) is 4.39 Å². The van der Waals surface area contributed by atoms with E-state index in [4.69, 9.17) is 10.9 Å². The van der Waals surface area contributed by atoms with Crippen molar-refractivity contribution in [1.29, 1.82) is 0 Å². The zero-order chi connectivity index (χ0) is 12.7. The Balaban J connectivity index is 2.73. The van der Waals surface area contributed by atoms with Crippen LogP contribution in [0, 0.1) is 5.82 Å². The number of thioether (sulfide) groups is 1. The topological polar surface area (TPSA) is 58.6 Å². The Hall–Kier alpha value is -1.23. The molecule has 0 aliphatic heterocycles. The second-order valence-electron chi connectivity index (χ2n) is 3.67. The van der Waals surface area contributed by atoms with Gasteiger partial charge in [-0.1, -0.05) is 30.6 Å². The van der Waals surface area contributed by atoms with Gasteiger partial charge in [0.1, 0.15) is 5.82 Å². The first-order valence-corrected chi connectivity index (χ1v) is 6.69. The van der Waals surface area contributed by atoms with E-state index in [1.807, 2.05) is 0 Å². The molecule has 0 aromatic heterocycles. The molecule has 0 unspecified atom stereocenters. The minimum absolute atomic E-state index is 0.154. The molecular weight excluding hydrogens is 239 g/mol. The molecule has 0 atom stereocenters. The van der Waals surface area contributed by atoms with E-state index in [2.05, 4.69) is 12.1 Å². The van der Waals surface area contributed by atoms with Crippen LogP contribution in [-0.4, -0.2) is 16.8 Å². The highest BCUT2D eigenvalue weighted by atomic mass is 32.2. The second-order valence-corrected chi connectivity index (χ2v) is 4.78. The molecule has 0 saturated carbocycles. The van der Waals surface area contributed by atoms with E-state index in [0.717, 1.165) is 18.6 Å². The number of hydrogen-bond acceptors (Lipinski definition) is 3. The van der Waals surface area contributed by atoms with E-state index in [1.54, 1.807) is 23.9 Å². The van der Waals surface area contributed by atoms with Crippen molar-refractivity contribution in [3.63, 3.8) is 0 Å². The number of nitrogens with zero attached hydrogens (tertiary/aromatic N) is 1. The molecule has 1 rings (SSSR count). The van der Waals surface area contributed by atoms with E-state index in [0.29, 0.717) is 11.3 Å². The van der Waals surface area contributed by atoms with Gasteiger partial charge in [-0.15, -0.1) is 0 Å². The fraction of sp³-hybridized carbons (Fsp3) is 0.417. The zero-order valence-corrected chi connectivity index (χ0v) is 10.6. The highest BCUT2D eigenvalue weighted by molar-refractivity contribution is 7.98. The van der Waals surface area contributed by atoms with Gasteiger partial charge in [0.05, 0.1) is 5.56 Å². The molecule has 0 saturated heterocycles. The van der Waals surface area contributed by atoms with E-state index in [9.17, 15) is 4.39 Å². The number of hydrogen-bond donors (Lipinski definition) is 2. The van der Waals surface area contributed by atoms with Crippen molar-refractivity contribution in [3.05, 3.63) is 35.1 Å². The first-order chi connectivity index (χ1) is 8.20. The van der Waals surface area contributed by atoms with Crippen LogP contribution < -0.4 is 5.73 Å². The number of oxime groups is 1. The minimum Gasteiger partial charge on any atom is -0.409 e. The number of benzene rings is 1. The fourth-order valence-corrected chi connectivity index (χ4v) is 2.45. The lowest BCUT2D eigenvalue weighted by molar-refractivity contribution is 0.318. The summed E-state index contributed by atoms with van der Waals surface area (Å²) in [5, 5.41) is 11.4. The SMILES string of the molecule is CCCCSCc1cccc(/C(N)=N/O)c1F. The largest absolute Gasteiger partial charge is 0.409 e. The molecule has 0 radical (unpaired) electrons. The number of nitrogens with two attached hydrogens (primary N) is 1. The van der Waals surface area contributed by atoms with Crippen molar-refractivity contribution < 1.29 is 9.60 Å². The van der Waals surface area contributed by atoms with Gasteiger partial charge >= 0.3 is 0 Å². The zero-order valence-electron chi connectivity index (χ0n) is 9.82. The summed E-state index contributed by atoms with van der Waals surface area (Å²) in [4.78, 5) is 0. The van der Waals surface area contributed by atoms with Crippen LogP contribution in [0.5, 0.6) is 0 Å². The van der Waals surface area contributed by atoms with Crippen molar-refractivity contribution in [2.45, 2.75) is 25.5 Å². The molecule has 3 N–H and O–H groups in total. The third-order valence-electron chi connectivity index (χ3n) is 2.36. The smallest absolute Gasteiger partial charge is 0.173 e. The molecule has 0 spiro atoms. The highest BCUT2D eigenvalue weighted by Crippen LogP contribution is 2.19. The van der Waals surface area contributed by atoms with Crippen LogP contribution in [0.1, 0.15) is 30.9 Å². The molecule has 0 aliphatic carbocycles. The van der Waals surface area contributed by atoms with Crippen LogP contribution in [0.3, 0.4) is 0 Å². The molecule has 1 aromatic rings. The summed E-state index contributed by atoms with van der Waals surface area (Å²) in [6.45, 7) is 2.13. The lowest BCUT2D eigenvalue weighted by atomic mass is 10.1. The summed E-state index contributed by atoms with van der Waals surface area (Å²) >= 11 is 1.69. The Bertz CT molecular complexity index is 396. The van der Waals surface area contributed by atoms with Gasteiger partial charge in [0, 0.05) is 5.75 Å². The predicted octanol–water partition coefficient (Wildman–Crippen LogP) is 2.95. The van der Waals surface area contributed by atoms with Crippen LogP contribution in [-0.2, 0) is 5.75 Å². The second kappa shape index (κ2) is 7.17. The number of unbranched alkanes of at least 4 members (excludes halogenated alkanes) is 1. The number of rotatable bonds is 6.